The molecule has 2 rings (SSSR count). The Morgan fingerprint density at radius 2 is 1.45 bits per heavy atom. The number of nitrogens with zero attached hydrogens (tertiary/aromatic N) is 2. The molecule has 0 heterocycles. The first-order chi connectivity index (χ1) is 10.7. The van der Waals surface area contributed by atoms with Crippen molar-refractivity contribution in [2.75, 3.05) is 6.54 Å². The number of unbranched alkanes of at least 4 members (excludes halogenated alkanes) is 1. The average Bonchev–Trinajstić information content (AvgIpc) is 2.47. The standard InChI is InChI=1S/C18H18Cl2N2/c19-17-7-3-5-15(11-17)13-22(10-2-1-9-21)14-16-6-4-8-18(20)12-16/h3-8,11-12H,1-2,10,13-14H2. The van der Waals surface area contributed by atoms with Crippen LogP contribution in [-0.2, 0) is 13.1 Å². The Labute approximate surface area is 141 Å². The van der Waals surface area contributed by atoms with E-state index in [-0.39, 0.29) is 0 Å². The molecule has 0 radical (unpaired) electrons. The van der Waals surface area contributed by atoms with E-state index in [1.54, 1.807) is 0 Å². The Hall–Kier alpha value is -1.53. The highest BCUT2D eigenvalue weighted by atomic mass is 35.5. The van der Waals surface area contributed by atoms with Crippen molar-refractivity contribution in [2.24, 2.45) is 0 Å². The van der Waals surface area contributed by atoms with Crippen molar-refractivity contribution in [1.29, 1.82) is 5.26 Å². The highest BCUT2D eigenvalue weighted by Crippen LogP contribution is 2.17. The third-order valence-corrected chi connectivity index (χ3v) is 3.82. The lowest BCUT2D eigenvalue weighted by molar-refractivity contribution is 0.254. The van der Waals surface area contributed by atoms with E-state index in [2.05, 4.69) is 23.1 Å². The van der Waals surface area contributed by atoms with Gasteiger partial charge in [-0.1, -0.05) is 47.5 Å². The summed E-state index contributed by atoms with van der Waals surface area (Å²) in [5.41, 5.74) is 2.35. The van der Waals surface area contributed by atoms with Crippen molar-refractivity contribution >= 4 is 23.2 Å². The molecule has 0 spiro atoms. The van der Waals surface area contributed by atoms with Gasteiger partial charge in [-0.25, -0.2) is 0 Å². The highest BCUT2D eigenvalue weighted by molar-refractivity contribution is 6.30. The molecule has 0 aromatic heterocycles. The molecule has 2 aromatic carbocycles. The van der Waals surface area contributed by atoms with Crippen molar-refractivity contribution in [2.45, 2.75) is 25.9 Å². The third kappa shape index (κ3) is 5.69. The second-order valence-electron chi connectivity index (χ2n) is 5.23. The van der Waals surface area contributed by atoms with Crippen LogP contribution in [0, 0.1) is 11.3 Å². The average molecular weight is 333 g/mol. The largest absolute Gasteiger partial charge is 0.295 e. The summed E-state index contributed by atoms with van der Waals surface area (Å²) in [7, 11) is 0. The molecular formula is C18H18Cl2N2. The number of hydrogen-bond donors (Lipinski definition) is 0. The van der Waals surface area contributed by atoms with Crippen LogP contribution in [-0.4, -0.2) is 11.4 Å². The lowest BCUT2D eigenvalue weighted by atomic mass is 10.1. The van der Waals surface area contributed by atoms with E-state index in [1.807, 2.05) is 36.4 Å². The molecule has 0 unspecified atom stereocenters. The SMILES string of the molecule is N#CCCCN(Cc1cccc(Cl)c1)Cc1cccc(Cl)c1. The van der Waals surface area contributed by atoms with Crippen LogP contribution in [0.2, 0.25) is 10.0 Å². The molecule has 0 fully saturated rings. The maximum atomic E-state index is 8.73. The molecule has 0 aliphatic rings. The molecule has 0 atom stereocenters. The first-order valence-corrected chi connectivity index (χ1v) is 8.01. The van der Waals surface area contributed by atoms with Crippen LogP contribution in [0.3, 0.4) is 0 Å². The molecule has 114 valence electrons. The molecular weight excluding hydrogens is 315 g/mol. The van der Waals surface area contributed by atoms with Crippen LogP contribution < -0.4 is 0 Å². The van der Waals surface area contributed by atoms with Crippen LogP contribution >= 0.6 is 23.2 Å². The Morgan fingerprint density at radius 1 is 0.909 bits per heavy atom. The van der Waals surface area contributed by atoms with Gasteiger partial charge in [0.15, 0.2) is 0 Å². The van der Waals surface area contributed by atoms with Crippen molar-refractivity contribution in [3.05, 3.63) is 69.7 Å². The van der Waals surface area contributed by atoms with Crippen LogP contribution in [0.1, 0.15) is 24.0 Å². The summed E-state index contributed by atoms with van der Waals surface area (Å²) in [5.74, 6) is 0. The molecule has 2 aromatic rings. The predicted octanol–water partition coefficient (Wildman–Crippen LogP) is 5.30. The Morgan fingerprint density at radius 3 is 1.91 bits per heavy atom. The number of hydrogen-bond acceptors (Lipinski definition) is 2. The van der Waals surface area contributed by atoms with Gasteiger partial charge >= 0.3 is 0 Å². The van der Waals surface area contributed by atoms with Gasteiger partial charge in [0.2, 0.25) is 0 Å². The second-order valence-corrected chi connectivity index (χ2v) is 6.11. The third-order valence-electron chi connectivity index (χ3n) is 3.35. The molecule has 0 saturated carbocycles. The lowest BCUT2D eigenvalue weighted by Crippen LogP contribution is -2.24. The van der Waals surface area contributed by atoms with Crippen LogP contribution in [0.4, 0.5) is 0 Å². The van der Waals surface area contributed by atoms with Gasteiger partial charge in [0.25, 0.3) is 0 Å². The fourth-order valence-corrected chi connectivity index (χ4v) is 2.81. The zero-order valence-corrected chi connectivity index (χ0v) is 13.8. The molecule has 22 heavy (non-hydrogen) atoms. The number of nitriles is 1. The van der Waals surface area contributed by atoms with Gasteiger partial charge in [-0.3, -0.25) is 4.90 Å². The monoisotopic (exact) mass is 332 g/mol. The molecule has 2 nitrogen and oxygen atoms in total. The van der Waals surface area contributed by atoms with Crippen molar-refractivity contribution in [3.63, 3.8) is 0 Å². The zero-order chi connectivity index (χ0) is 15.8. The molecule has 0 saturated heterocycles. The normalized spacial score (nSPS) is 10.6. The van der Waals surface area contributed by atoms with Crippen molar-refractivity contribution in [1.82, 2.24) is 4.90 Å². The Kier molecular flexibility index (Phi) is 6.74. The zero-order valence-electron chi connectivity index (χ0n) is 12.3. The molecule has 0 N–H and O–H groups in total. The summed E-state index contributed by atoms with van der Waals surface area (Å²) in [4.78, 5) is 2.31. The molecule has 0 aliphatic heterocycles. The van der Waals surface area contributed by atoms with E-state index >= 15 is 0 Å². The molecule has 0 aliphatic carbocycles. The van der Waals surface area contributed by atoms with Crippen LogP contribution in [0.25, 0.3) is 0 Å². The minimum atomic E-state index is 0.571. The summed E-state index contributed by atoms with van der Waals surface area (Å²) < 4.78 is 0. The van der Waals surface area contributed by atoms with E-state index in [9.17, 15) is 0 Å². The second kappa shape index (κ2) is 8.80. The molecule has 0 bridgehead atoms. The van der Waals surface area contributed by atoms with E-state index < -0.39 is 0 Å². The summed E-state index contributed by atoms with van der Waals surface area (Å²) in [5, 5.41) is 10.2. The Bertz CT molecular complexity index is 602. The first-order valence-electron chi connectivity index (χ1n) is 7.25. The number of rotatable bonds is 7. The van der Waals surface area contributed by atoms with Gasteiger partial charge in [0.05, 0.1) is 6.07 Å². The smallest absolute Gasteiger partial charge is 0.0622 e. The van der Waals surface area contributed by atoms with Gasteiger partial charge in [0.1, 0.15) is 0 Å². The summed E-state index contributed by atoms with van der Waals surface area (Å²) in [6.45, 7) is 2.48. The Balaban J connectivity index is 2.06. The quantitative estimate of drug-likeness (QED) is 0.643. The minimum Gasteiger partial charge on any atom is -0.295 e. The minimum absolute atomic E-state index is 0.571. The first kappa shape index (κ1) is 16.8. The van der Waals surface area contributed by atoms with Gasteiger partial charge in [-0.05, 0) is 48.4 Å². The van der Waals surface area contributed by atoms with Gasteiger partial charge in [-0.15, -0.1) is 0 Å². The van der Waals surface area contributed by atoms with Gasteiger partial charge < -0.3 is 0 Å². The predicted molar refractivity (Wildman–Crippen MR) is 91.9 cm³/mol. The van der Waals surface area contributed by atoms with Crippen LogP contribution in [0.5, 0.6) is 0 Å². The lowest BCUT2D eigenvalue weighted by Gasteiger charge is -2.22. The number of benzene rings is 2. The summed E-state index contributed by atoms with van der Waals surface area (Å²) in [6.07, 6.45) is 1.43. The number of halogens is 2. The van der Waals surface area contributed by atoms with Gasteiger partial charge in [0, 0.05) is 29.6 Å². The van der Waals surface area contributed by atoms with Gasteiger partial charge in [-0.2, -0.15) is 5.26 Å². The maximum absolute atomic E-state index is 8.73. The van der Waals surface area contributed by atoms with Crippen molar-refractivity contribution < 1.29 is 0 Å². The fourth-order valence-electron chi connectivity index (χ4n) is 2.38. The molecule has 0 amide bonds. The van der Waals surface area contributed by atoms with E-state index in [4.69, 9.17) is 28.5 Å². The highest BCUT2D eigenvalue weighted by Gasteiger charge is 2.08. The van der Waals surface area contributed by atoms with E-state index in [0.717, 1.165) is 36.1 Å². The van der Waals surface area contributed by atoms with E-state index in [1.165, 1.54) is 11.1 Å². The van der Waals surface area contributed by atoms with Crippen LogP contribution in [0.15, 0.2) is 48.5 Å². The molecule has 4 heteroatoms. The summed E-state index contributed by atoms with van der Waals surface area (Å²) in [6, 6.07) is 18.0. The maximum Gasteiger partial charge on any atom is 0.0622 e. The van der Waals surface area contributed by atoms with Crippen molar-refractivity contribution in [3.8, 4) is 6.07 Å². The fraction of sp³-hybridized carbons (Fsp3) is 0.278. The van der Waals surface area contributed by atoms with E-state index in [0.29, 0.717) is 6.42 Å². The topological polar surface area (TPSA) is 27.0 Å². The summed E-state index contributed by atoms with van der Waals surface area (Å²) >= 11 is 12.1.